The third kappa shape index (κ3) is 7.86. The summed E-state index contributed by atoms with van der Waals surface area (Å²) in [5.74, 6) is 1.65. The largest absolute Gasteiger partial charge is 0.361 e. The smallest absolute Gasteiger partial charge is 0.179 e. The molecule has 0 radical (unpaired) electrons. The fraction of sp³-hybridized carbons (Fsp3) is 0.684. The maximum Gasteiger partial charge on any atom is 0.179 e. The van der Waals surface area contributed by atoms with E-state index in [0.29, 0.717) is 13.5 Å². The molecule has 0 amide bonds. The van der Waals surface area contributed by atoms with E-state index >= 15 is 0 Å². The van der Waals surface area contributed by atoms with Crippen molar-refractivity contribution in [1.82, 2.24) is 19.1 Å². The molecule has 6 nitrogen and oxygen atoms in total. The van der Waals surface area contributed by atoms with Crippen LogP contribution in [-0.2, 0) is 22.9 Å². The van der Waals surface area contributed by atoms with E-state index in [0.717, 1.165) is 42.0 Å². The van der Waals surface area contributed by atoms with Gasteiger partial charge in [-0.3, -0.25) is 0 Å². The van der Waals surface area contributed by atoms with E-state index in [-0.39, 0.29) is 0 Å². The number of ether oxygens (including phenoxy) is 2. The van der Waals surface area contributed by atoms with Crippen LogP contribution in [0.3, 0.4) is 0 Å². The van der Waals surface area contributed by atoms with Gasteiger partial charge in [-0.25, -0.2) is 9.97 Å². The van der Waals surface area contributed by atoms with Crippen molar-refractivity contribution in [3.63, 3.8) is 0 Å². The average molecular weight is 441 g/mol. The van der Waals surface area contributed by atoms with Crippen molar-refractivity contribution < 1.29 is 9.47 Å². The Hall–Kier alpha value is -0.876. The first-order valence-electron chi connectivity index (χ1n) is 9.87. The molecule has 0 aliphatic carbocycles. The Labute approximate surface area is 176 Å². The molecule has 0 fully saturated rings. The van der Waals surface area contributed by atoms with Gasteiger partial charge in [0, 0.05) is 48.0 Å². The second-order valence-corrected chi connectivity index (χ2v) is 21.6. The van der Waals surface area contributed by atoms with Crippen LogP contribution < -0.4 is 0 Å². The van der Waals surface area contributed by atoms with Gasteiger partial charge in [0.2, 0.25) is 0 Å². The molecule has 2 aromatic heterocycles. The van der Waals surface area contributed by atoms with Crippen molar-refractivity contribution in [3.05, 3.63) is 18.6 Å². The lowest BCUT2D eigenvalue weighted by atomic mass is 10.5. The quantitative estimate of drug-likeness (QED) is 0.261. The lowest BCUT2D eigenvalue weighted by Crippen LogP contribution is -2.22. The SMILES string of the molecule is CSc1cn(COCC[Si](C)(C)C)c(-c2nccn2COCC[Si](C)(C)C)n1. The van der Waals surface area contributed by atoms with Gasteiger partial charge in [-0.05, 0) is 18.3 Å². The summed E-state index contributed by atoms with van der Waals surface area (Å²) in [6.07, 6.45) is 7.84. The van der Waals surface area contributed by atoms with E-state index in [4.69, 9.17) is 14.5 Å². The lowest BCUT2D eigenvalue weighted by molar-refractivity contribution is 0.0844. The Morgan fingerprint density at radius 1 is 0.893 bits per heavy atom. The van der Waals surface area contributed by atoms with Gasteiger partial charge in [0.05, 0.1) is 0 Å². The Kier molecular flexibility index (Phi) is 8.56. The highest BCUT2D eigenvalue weighted by Gasteiger charge is 2.17. The zero-order valence-electron chi connectivity index (χ0n) is 18.5. The summed E-state index contributed by atoms with van der Waals surface area (Å²) >= 11 is 1.63. The van der Waals surface area contributed by atoms with Gasteiger partial charge in [0.15, 0.2) is 11.6 Å². The molecule has 2 rings (SSSR count). The molecular weight excluding hydrogens is 404 g/mol. The van der Waals surface area contributed by atoms with Crippen molar-refractivity contribution in [1.29, 1.82) is 0 Å². The van der Waals surface area contributed by atoms with Gasteiger partial charge in [-0.15, -0.1) is 11.8 Å². The van der Waals surface area contributed by atoms with Crippen LogP contribution in [0.2, 0.25) is 51.4 Å². The van der Waals surface area contributed by atoms with Crippen LogP contribution in [0.1, 0.15) is 0 Å². The van der Waals surface area contributed by atoms with Crippen molar-refractivity contribution in [2.75, 3.05) is 19.5 Å². The van der Waals surface area contributed by atoms with Gasteiger partial charge < -0.3 is 18.6 Å². The second kappa shape index (κ2) is 10.2. The molecule has 0 saturated carbocycles. The van der Waals surface area contributed by atoms with Crippen LogP contribution in [-0.4, -0.2) is 54.7 Å². The van der Waals surface area contributed by atoms with E-state index < -0.39 is 16.1 Å². The zero-order valence-corrected chi connectivity index (χ0v) is 21.3. The Morgan fingerprint density at radius 3 is 2.00 bits per heavy atom. The predicted molar refractivity (Wildman–Crippen MR) is 123 cm³/mol. The predicted octanol–water partition coefficient (Wildman–Crippen LogP) is 5.09. The lowest BCUT2D eigenvalue weighted by Gasteiger charge is -2.17. The Balaban J connectivity index is 2.04. The van der Waals surface area contributed by atoms with Crippen molar-refractivity contribution >= 4 is 27.9 Å². The molecular formula is C19H36N4O2SSi2. The minimum atomic E-state index is -1.09. The maximum atomic E-state index is 5.95. The summed E-state index contributed by atoms with van der Waals surface area (Å²) in [6.45, 7) is 16.8. The minimum Gasteiger partial charge on any atom is -0.361 e. The summed E-state index contributed by atoms with van der Waals surface area (Å²) in [5.41, 5.74) is 0. The van der Waals surface area contributed by atoms with Gasteiger partial charge in [-0.1, -0.05) is 39.3 Å². The van der Waals surface area contributed by atoms with Crippen molar-refractivity contribution in [2.45, 2.75) is 69.9 Å². The fourth-order valence-electron chi connectivity index (χ4n) is 2.47. The summed E-state index contributed by atoms with van der Waals surface area (Å²) in [5, 5.41) is 0.970. The van der Waals surface area contributed by atoms with Crippen LogP contribution in [0.4, 0.5) is 0 Å². The molecule has 158 valence electrons. The van der Waals surface area contributed by atoms with Crippen molar-refractivity contribution in [2.24, 2.45) is 0 Å². The highest BCUT2D eigenvalue weighted by atomic mass is 32.2. The first-order chi connectivity index (χ1) is 13.1. The fourth-order valence-corrected chi connectivity index (χ4v) is 4.39. The molecule has 2 heterocycles. The molecule has 0 N–H and O–H groups in total. The Morgan fingerprint density at radius 2 is 1.46 bits per heavy atom. The number of rotatable bonds is 12. The number of aromatic nitrogens is 4. The standard InChI is InChI=1S/C19H36N4O2SSi2/c1-26-17-14-23(16-25-11-13-28(5,6)7)19(21-17)18-20-8-9-22(18)15-24-10-12-27(2,3)4/h8-9,14H,10-13,15-16H2,1-7H3. The first-order valence-corrected chi connectivity index (χ1v) is 18.5. The summed E-state index contributed by atoms with van der Waals surface area (Å²) < 4.78 is 15.9. The molecule has 0 aliphatic heterocycles. The van der Waals surface area contributed by atoms with Crippen LogP contribution >= 0.6 is 11.8 Å². The van der Waals surface area contributed by atoms with Crippen LogP contribution in [0.15, 0.2) is 23.6 Å². The van der Waals surface area contributed by atoms with Gasteiger partial charge >= 0.3 is 0 Å². The monoisotopic (exact) mass is 440 g/mol. The first kappa shape index (κ1) is 23.4. The minimum absolute atomic E-state index is 0.497. The third-order valence-electron chi connectivity index (χ3n) is 4.33. The number of imidazole rings is 2. The van der Waals surface area contributed by atoms with E-state index in [1.165, 1.54) is 0 Å². The van der Waals surface area contributed by atoms with Gasteiger partial charge in [-0.2, -0.15) is 0 Å². The highest BCUT2D eigenvalue weighted by Crippen LogP contribution is 2.22. The third-order valence-corrected chi connectivity index (χ3v) is 8.36. The number of hydrogen-bond acceptors (Lipinski definition) is 5. The van der Waals surface area contributed by atoms with Crippen LogP contribution in [0.5, 0.6) is 0 Å². The summed E-state index contributed by atoms with van der Waals surface area (Å²) in [4.78, 5) is 9.29. The van der Waals surface area contributed by atoms with E-state index in [9.17, 15) is 0 Å². The number of hydrogen-bond donors (Lipinski definition) is 0. The topological polar surface area (TPSA) is 54.1 Å². The normalized spacial score (nSPS) is 12.7. The van der Waals surface area contributed by atoms with Crippen molar-refractivity contribution in [3.8, 4) is 11.6 Å². The number of nitrogens with zero attached hydrogens (tertiary/aromatic N) is 4. The van der Waals surface area contributed by atoms with Gasteiger partial charge in [0.25, 0.3) is 0 Å². The molecule has 0 atom stereocenters. The Bertz CT molecular complexity index is 735. The zero-order chi connectivity index (χ0) is 20.8. The van der Waals surface area contributed by atoms with E-state index in [1.807, 2.05) is 23.2 Å². The molecule has 2 aromatic rings. The molecule has 0 unspecified atom stereocenters. The average Bonchev–Trinajstić information content (AvgIpc) is 3.20. The number of thioether (sulfide) groups is 1. The molecule has 0 bridgehead atoms. The van der Waals surface area contributed by atoms with Crippen LogP contribution in [0.25, 0.3) is 11.6 Å². The van der Waals surface area contributed by atoms with E-state index in [1.54, 1.807) is 18.0 Å². The maximum absolute atomic E-state index is 5.95. The molecule has 9 heteroatoms. The van der Waals surface area contributed by atoms with Crippen LogP contribution in [0, 0.1) is 0 Å². The molecule has 0 aliphatic rings. The molecule has 28 heavy (non-hydrogen) atoms. The summed E-state index contributed by atoms with van der Waals surface area (Å²) in [6, 6.07) is 2.32. The molecule has 0 aromatic carbocycles. The van der Waals surface area contributed by atoms with E-state index in [2.05, 4.69) is 48.8 Å². The summed E-state index contributed by atoms with van der Waals surface area (Å²) in [7, 11) is -2.17. The van der Waals surface area contributed by atoms with Gasteiger partial charge in [0.1, 0.15) is 18.5 Å². The highest BCUT2D eigenvalue weighted by molar-refractivity contribution is 7.98. The molecule has 0 spiro atoms. The molecule has 0 saturated heterocycles. The second-order valence-electron chi connectivity index (χ2n) is 9.49.